The number of hydrogen-bond acceptors (Lipinski definition) is 3. The van der Waals surface area contributed by atoms with Crippen LogP contribution in [-0.4, -0.2) is 41.2 Å². The summed E-state index contributed by atoms with van der Waals surface area (Å²) in [5.41, 5.74) is 1.51. The van der Waals surface area contributed by atoms with Gasteiger partial charge in [0.25, 0.3) is 5.91 Å². The highest BCUT2D eigenvalue weighted by Crippen LogP contribution is 2.37. The van der Waals surface area contributed by atoms with Gasteiger partial charge in [-0.2, -0.15) is 0 Å². The molecule has 34 heavy (non-hydrogen) atoms. The molecule has 0 radical (unpaired) electrons. The molecule has 0 fully saturated rings. The van der Waals surface area contributed by atoms with Crippen molar-refractivity contribution in [3.05, 3.63) is 77.6 Å². The number of halogens is 1. The van der Waals surface area contributed by atoms with Gasteiger partial charge in [-0.1, -0.05) is 49.4 Å². The lowest BCUT2D eigenvalue weighted by Crippen LogP contribution is -2.52. The highest BCUT2D eigenvalue weighted by atomic mass is 19.1. The summed E-state index contributed by atoms with van der Waals surface area (Å²) >= 11 is 0. The van der Waals surface area contributed by atoms with Gasteiger partial charge in [-0.05, 0) is 43.9 Å². The first-order valence-electron chi connectivity index (χ1n) is 11.5. The lowest BCUT2D eigenvalue weighted by molar-refractivity contribution is -0.139. The Kier molecular flexibility index (Phi) is 6.63. The zero-order chi connectivity index (χ0) is 24.4. The molecule has 1 aliphatic heterocycles. The molecule has 0 spiro atoms. The van der Waals surface area contributed by atoms with Crippen molar-refractivity contribution in [1.82, 2.24) is 10.2 Å². The molecule has 7 heteroatoms. The zero-order valence-electron chi connectivity index (χ0n) is 19.5. The Morgan fingerprint density at radius 1 is 1.03 bits per heavy atom. The number of anilines is 1. The van der Waals surface area contributed by atoms with E-state index in [1.807, 2.05) is 44.2 Å². The average molecular weight is 462 g/mol. The molecule has 3 aromatic carbocycles. The summed E-state index contributed by atoms with van der Waals surface area (Å²) in [5.74, 6) is -1.47. The van der Waals surface area contributed by atoms with E-state index < -0.39 is 17.8 Å². The highest BCUT2D eigenvalue weighted by Gasteiger charge is 2.34. The van der Waals surface area contributed by atoms with Crippen LogP contribution in [0, 0.1) is 5.82 Å². The van der Waals surface area contributed by atoms with Gasteiger partial charge in [0.05, 0.1) is 5.69 Å². The van der Waals surface area contributed by atoms with Crippen LogP contribution in [0.5, 0.6) is 0 Å². The molecular formula is C27H28FN3O3. The zero-order valence-corrected chi connectivity index (χ0v) is 19.5. The van der Waals surface area contributed by atoms with Crippen LogP contribution in [0.4, 0.5) is 10.1 Å². The molecule has 0 aliphatic carbocycles. The van der Waals surface area contributed by atoms with Gasteiger partial charge in [0.1, 0.15) is 18.4 Å². The van der Waals surface area contributed by atoms with Crippen LogP contribution in [0.25, 0.3) is 10.8 Å². The summed E-state index contributed by atoms with van der Waals surface area (Å²) in [6.07, 6.45) is 0.740. The fourth-order valence-corrected chi connectivity index (χ4v) is 4.22. The van der Waals surface area contributed by atoms with E-state index in [4.69, 9.17) is 0 Å². The number of nitrogens with one attached hydrogen (secondary N) is 1. The number of carbonyl (C=O) groups is 3. The van der Waals surface area contributed by atoms with Gasteiger partial charge in [0.15, 0.2) is 0 Å². The fraction of sp³-hybridized carbons (Fsp3) is 0.296. The van der Waals surface area contributed by atoms with Gasteiger partial charge in [-0.25, -0.2) is 4.39 Å². The summed E-state index contributed by atoms with van der Waals surface area (Å²) in [6.45, 7) is 5.13. The normalized spacial score (nSPS) is 14.2. The first kappa shape index (κ1) is 23.4. The maximum atomic E-state index is 14.4. The maximum absolute atomic E-state index is 14.4. The van der Waals surface area contributed by atoms with Crippen molar-refractivity contribution in [3.8, 4) is 0 Å². The van der Waals surface area contributed by atoms with E-state index in [0.29, 0.717) is 16.8 Å². The molecule has 0 bridgehead atoms. The summed E-state index contributed by atoms with van der Waals surface area (Å²) in [5, 5.41) is 4.62. The molecule has 6 nitrogen and oxygen atoms in total. The quantitative estimate of drug-likeness (QED) is 0.545. The number of carbonyl (C=O) groups excluding carboxylic acids is 3. The summed E-state index contributed by atoms with van der Waals surface area (Å²) in [4.78, 5) is 42.4. The third kappa shape index (κ3) is 4.38. The standard InChI is InChI=1S/C27H28FN3O3/c1-4-17(2)29-26(33)18(3)30(15-20-9-5-6-13-22(20)28)24(32)16-31-23-14-8-11-19-10-7-12-21(25(19)23)27(31)34/h5-14,17-18H,4,15-16H2,1-3H3,(H,29,33)/t17-,18-/m1/s1. The lowest BCUT2D eigenvalue weighted by Gasteiger charge is -2.31. The van der Waals surface area contributed by atoms with Crippen molar-refractivity contribution in [3.63, 3.8) is 0 Å². The molecule has 1 heterocycles. The van der Waals surface area contributed by atoms with E-state index in [1.54, 1.807) is 31.2 Å². The van der Waals surface area contributed by atoms with Crippen LogP contribution >= 0.6 is 0 Å². The Balaban J connectivity index is 1.63. The lowest BCUT2D eigenvalue weighted by atomic mass is 10.1. The van der Waals surface area contributed by atoms with Crippen LogP contribution in [0.1, 0.15) is 43.1 Å². The van der Waals surface area contributed by atoms with E-state index in [1.165, 1.54) is 15.9 Å². The predicted molar refractivity (Wildman–Crippen MR) is 130 cm³/mol. The number of benzene rings is 3. The third-order valence-corrected chi connectivity index (χ3v) is 6.41. The van der Waals surface area contributed by atoms with Crippen LogP contribution in [0.3, 0.4) is 0 Å². The molecule has 3 amide bonds. The van der Waals surface area contributed by atoms with E-state index in [2.05, 4.69) is 5.32 Å². The fourth-order valence-electron chi connectivity index (χ4n) is 4.22. The van der Waals surface area contributed by atoms with Gasteiger partial charge in [-0.3, -0.25) is 19.3 Å². The Morgan fingerprint density at radius 2 is 1.74 bits per heavy atom. The minimum atomic E-state index is -0.850. The molecule has 0 saturated carbocycles. The number of rotatable bonds is 8. The van der Waals surface area contributed by atoms with Crippen molar-refractivity contribution < 1.29 is 18.8 Å². The second-order valence-corrected chi connectivity index (χ2v) is 8.68. The molecule has 1 N–H and O–H groups in total. The van der Waals surface area contributed by atoms with Gasteiger partial charge < -0.3 is 10.2 Å². The van der Waals surface area contributed by atoms with Crippen molar-refractivity contribution in [1.29, 1.82) is 0 Å². The first-order valence-corrected chi connectivity index (χ1v) is 11.5. The minimum Gasteiger partial charge on any atom is -0.352 e. The number of amides is 3. The van der Waals surface area contributed by atoms with E-state index in [-0.39, 0.29) is 30.9 Å². The van der Waals surface area contributed by atoms with E-state index in [0.717, 1.165) is 17.2 Å². The van der Waals surface area contributed by atoms with Crippen molar-refractivity contribution in [2.24, 2.45) is 0 Å². The van der Waals surface area contributed by atoms with Crippen molar-refractivity contribution in [2.45, 2.75) is 45.8 Å². The molecule has 0 unspecified atom stereocenters. The van der Waals surface area contributed by atoms with E-state index in [9.17, 15) is 18.8 Å². The second kappa shape index (κ2) is 9.63. The third-order valence-electron chi connectivity index (χ3n) is 6.41. The molecule has 0 aromatic heterocycles. The Hall–Kier alpha value is -3.74. The van der Waals surface area contributed by atoms with Crippen LogP contribution in [0.15, 0.2) is 60.7 Å². The number of nitrogens with zero attached hydrogens (tertiary/aromatic N) is 2. The predicted octanol–water partition coefficient (Wildman–Crippen LogP) is 4.27. The molecule has 176 valence electrons. The summed E-state index contributed by atoms with van der Waals surface area (Å²) < 4.78 is 14.4. The molecule has 0 saturated heterocycles. The Labute approximate surface area is 198 Å². The Morgan fingerprint density at radius 3 is 2.44 bits per heavy atom. The molecule has 1 aliphatic rings. The molecule has 2 atom stereocenters. The molecule has 3 aromatic rings. The largest absolute Gasteiger partial charge is 0.352 e. The summed E-state index contributed by atoms with van der Waals surface area (Å²) in [7, 11) is 0. The van der Waals surface area contributed by atoms with Gasteiger partial charge in [0, 0.05) is 29.1 Å². The number of hydrogen-bond donors (Lipinski definition) is 1. The minimum absolute atomic E-state index is 0.0624. The average Bonchev–Trinajstić information content (AvgIpc) is 3.11. The molecule has 4 rings (SSSR count). The van der Waals surface area contributed by atoms with Crippen LogP contribution in [-0.2, 0) is 16.1 Å². The van der Waals surface area contributed by atoms with Crippen LogP contribution < -0.4 is 10.2 Å². The van der Waals surface area contributed by atoms with Gasteiger partial charge in [-0.15, -0.1) is 0 Å². The Bertz CT molecular complexity index is 1250. The maximum Gasteiger partial charge on any atom is 0.259 e. The highest BCUT2D eigenvalue weighted by molar-refractivity contribution is 6.26. The van der Waals surface area contributed by atoms with E-state index >= 15 is 0 Å². The monoisotopic (exact) mass is 461 g/mol. The SMILES string of the molecule is CC[C@@H](C)NC(=O)[C@@H](C)N(Cc1ccccc1F)C(=O)CN1C(=O)c2cccc3cccc1c23. The topological polar surface area (TPSA) is 69.7 Å². The van der Waals surface area contributed by atoms with Gasteiger partial charge >= 0.3 is 0 Å². The van der Waals surface area contributed by atoms with Gasteiger partial charge in [0.2, 0.25) is 11.8 Å². The first-order chi connectivity index (χ1) is 16.3. The molecular weight excluding hydrogens is 433 g/mol. The smallest absolute Gasteiger partial charge is 0.259 e. The summed E-state index contributed by atoms with van der Waals surface area (Å²) in [6, 6.07) is 16.3. The van der Waals surface area contributed by atoms with Crippen molar-refractivity contribution >= 4 is 34.2 Å². The van der Waals surface area contributed by atoms with Crippen LogP contribution in [0.2, 0.25) is 0 Å². The second-order valence-electron chi connectivity index (χ2n) is 8.68. The van der Waals surface area contributed by atoms with Crippen molar-refractivity contribution in [2.75, 3.05) is 11.4 Å².